The molecule has 2 nitrogen and oxygen atoms in total. The molecule has 2 rings (SSSR count). The number of ether oxygens (including phenoxy) is 1. The molecule has 0 radical (unpaired) electrons. The van der Waals surface area contributed by atoms with E-state index in [9.17, 15) is 0 Å². The second-order valence-corrected chi connectivity index (χ2v) is 3.29. The topological polar surface area (TPSA) is 35.2 Å². The summed E-state index contributed by atoms with van der Waals surface area (Å²) in [5.74, 6) is 0. The summed E-state index contributed by atoms with van der Waals surface area (Å²) in [6, 6.07) is 0.501. The van der Waals surface area contributed by atoms with Gasteiger partial charge in [0.15, 0.2) is 0 Å². The van der Waals surface area contributed by atoms with Gasteiger partial charge in [0.2, 0.25) is 0 Å². The molecule has 60 valence electrons. The van der Waals surface area contributed by atoms with Crippen molar-refractivity contribution in [1.29, 1.82) is 0 Å². The van der Waals surface area contributed by atoms with Crippen molar-refractivity contribution in [2.75, 3.05) is 13.2 Å². The highest BCUT2D eigenvalue weighted by Gasteiger charge is 2.51. The Morgan fingerprint density at radius 3 is 2.10 bits per heavy atom. The molecular weight excluding hydrogens is 150 g/mol. The van der Waals surface area contributed by atoms with Crippen LogP contribution in [-0.2, 0) is 4.74 Å². The summed E-state index contributed by atoms with van der Waals surface area (Å²) in [5, 5.41) is 0. The number of halogens is 1. The third-order valence-corrected chi connectivity index (χ3v) is 2.74. The molecule has 1 aliphatic heterocycles. The first-order valence-electron chi connectivity index (χ1n) is 3.67. The third-order valence-electron chi connectivity index (χ3n) is 2.74. The molecular formula is C7H14ClNO. The van der Waals surface area contributed by atoms with E-state index in [1.807, 2.05) is 0 Å². The lowest BCUT2D eigenvalue weighted by Gasteiger charge is -2.21. The Balaban J connectivity index is 0.000000500. The Kier molecular flexibility index (Phi) is 2.23. The minimum atomic E-state index is 0. The molecule has 10 heavy (non-hydrogen) atoms. The van der Waals surface area contributed by atoms with Crippen LogP contribution in [-0.4, -0.2) is 19.3 Å². The zero-order valence-electron chi connectivity index (χ0n) is 6.01. The van der Waals surface area contributed by atoms with Gasteiger partial charge in [-0.1, -0.05) is 0 Å². The van der Waals surface area contributed by atoms with Crippen LogP contribution < -0.4 is 5.73 Å². The smallest absolute Gasteiger partial charge is 0.0471 e. The number of hydrogen-bond acceptors (Lipinski definition) is 2. The van der Waals surface area contributed by atoms with E-state index in [-0.39, 0.29) is 12.4 Å². The number of rotatable bonds is 0. The maximum absolute atomic E-state index is 5.78. The van der Waals surface area contributed by atoms with Gasteiger partial charge in [-0.3, -0.25) is 0 Å². The van der Waals surface area contributed by atoms with Crippen LogP contribution in [0.2, 0.25) is 0 Å². The zero-order valence-corrected chi connectivity index (χ0v) is 6.82. The Morgan fingerprint density at radius 1 is 1.30 bits per heavy atom. The highest BCUT2D eigenvalue weighted by atomic mass is 35.5. The van der Waals surface area contributed by atoms with Crippen molar-refractivity contribution in [1.82, 2.24) is 0 Å². The van der Waals surface area contributed by atoms with Gasteiger partial charge in [-0.25, -0.2) is 0 Å². The molecule has 1 saturated carbocycles. The summed E-state index contributed by atoms with van der Waals surface area (Å²) in [5.41, 5.74) is 6.32. The van der Waals surface area contributed by atoms with Crippen LogP contribution in [0, 0.1) is 5.41 Å². The lowest BCUT2D eigenvalue weighted by Crippen LogP contribution is -2.23. The van der Waals surface area contributed by atoms with E-state index >= 15 is 0 Å². The molecule has 1 atom stereocenters. The van der Waals surface area contributed by atoms with E-state index in [2.05, 4.69) is 0 Å². The van der Waals surface area contributed by atoms with Gasteiger partial charge in [0, 0.05) is 19.3 Å². The first kappa shape index (κ1) is 8.31. The monoisotopic (exact) mass is 163 g/mol. The van der Waals surface area contributed by atoms with Gasteiger partial charge in [-0.2, -0.15) is 0 Å². The second kappa shape index (κ2) is 2.68. The van der Waals surface area contributed by atoms with Crippen molar-refractivity contribution in [3.8, 4) is 0 Å². The van der Waals surface area contributed by atoms with E-state index in [4.69, 9.17) is 10.5 Å². The van der Waals surface area contributed by atoms with Crippen LogP contribution in [0.5, 0.6) is 0 Å². The van der Waals surface area contributed by atoms with E-state index in [1.165, 1.54) is 19.3 Å². The second-order valence-electron chi connectivity index (χ2n) is 3.29. The van der Waals surface area contributed by atoms with Gasteiger partial charge in [0.05, 0.1) is 0 Å². The molecule has 0 aromatic carbocycles. The van der Waals surface area contributed by atoms with Crippen molar-refractivity contribution in [2.24, 2.45) is 11.1 Å². The molecule has 0 unspecified atom stereocenters. The van der Waals surface area contributed by atoms with Crippen molar-refractivity contribution in [2.45, 2.75) is 25.3 Å². The van der Waals surface area contributed by atoms with Gasteiger partial charge >= 0.3 is 0 Å². The van der Waals surface area contributed by atoms with Gasteiger partial charge in [0.1, 0.15) is 0 Å². The maximum Gasteiger partial charge on any atom is 0.0471 e. The van der Waals surface area contributed by atoms with Gasteiger partial charge in [0.25, 0.3) is 0 Å². The van der Waals surface area contributed by atoms with Crippen molar-refractivity contribution in [3.05, 3.63) is 0 Å². The largest absolute Gasteiger partial charge is 0.381 e. The van der Waals surface area contributed by atoms with E-state index < -0.39 is 0 Å². The Labute approximate surface area is 67.5 Å². The van der Waals surface area contributed by atoms with Crippen LogP contribution in [0.4, 0.5) is 0 Å². The molecule has 2 fully saturated rings. The number of hydrogen-bond donors (Lipinski definition) is 1. The fourth-order valence-corrected chi connectivity index (χ4v) is 1.73. The summed E-state index contributed by atoms with van der Waals surface area (Å²) in [7, 11) is 0. The molecule has 0 aromatic heterocycles. The predicted octanol–water partition coefficient (Wildman–Crippen LogP) is 0.936. The standard InChI is InChI=1S/C7H13NO.ClH/c8-6-5-7(6)1-3-9-4-2-7;/h6H,1-5,8H2;1H/t6-;/m0./s1. The first-order chi connectivity index (χ1) is 4.33. The fourth-order valence-electron chi connectivity index (χ4n) is 1.73. The SMILES string of the molecule is Cl.N[C@H]1CC12CCOCC2. The van der Waals surface area contributed by atoms with Crippen molar-refractivity contribution < 1.29 is 4.74 Å². The van der Waals surface area contributed by atoms with Crippen molar-refractivity contribution in [3.63, 3.8) is 0 Å². The maximum atomic E-state index is 5.78. The Hall–Kier alpha value is 0.210. The van der Waals surface area contributed by atoms with Gasteiger partial charge < -0.3 is 10.5 Å². The van der Waals surface area contributed by atoms with Gasteiger partial charge in [-0.05, 0) is 24.7 Å². The molecule has 2 N–H and O–H groups in total. The third kappa shape index (κ3) is 1.16. The van der Waals surface area contributed by atoms with Crippen LogP contribution in [0.25, 0.3) is 0 Å². The number of nitrogens with two attached hydrogens (primary N) is 1. The van der Waals surface area contributed by atoms with Crippen LogP contribution in [0.3, 0.4) is 0 Å². The molecule has 1 aliphatic carbocycles. The average molecular weight is 164 g/mol. The molecule has 3 heteroatoms. The van der Waals surface area contributed by atoms with Crippen molar-refractivity contribution >= 4 is 12.4 Å². The lowest BCUT2D eigenvalue weighted by atomic mass is 9.96. The quantitative estimate of drug-likeness (QED) is 0.577. The highest BCUT2D eigenvalue weighted by molar-refractivity contribution is 5.85. The van der Waals surface area contributed by atoms with Crippen LogP contribution >= 0.6 is 12.4 Å². The molecule has 1 saturated heterocycles. The van der Waals surface area contributed by atoms with E-state index in [1.54, 1.807) is 0 Å². The van der Waals surface area contributed by atoms with Gasteiger partial charge in [-0.15, -0.1) is 12.4 Å². The first-order valence-corrected chi connectivity index (χ1v) is 3.67. The molecule has 0 aromatic rings. The fraction of sp³-hybridized carbons (Fsp3) is 1.00. The average Bonchev–Trinajstić information content (AvgIpc) is 2.44. The minimum absolute atomic E-state index is 0. The molecule has 1 spiro atoms. The molecule has 2 aliphatic rings. The molecule has 0 amide bonds. The lowest BCUT2D eigenvalue weighted by molar-refractivity contribution is 0.0559. The predicted molar refractivity (Wildman–Crippen MR) is 42.3 cm³/mol. The normalized spacial score (nSPS) is 35.1. The Bertz CT molecular complexity index is 123. The summed E-state index contributed by atoms with van der Waals surface area (Å²) in [6.45, 7) is 1.88. The summed E-state index contributed by atoms with van der Waals surface area (Å²) in [6.07, 6.45) is 3.65. The Morgan fingerprint density at radius 2 is 1.80 bits per heavy atom. The summed E-state index contributed by atoms with van der Waals surface area (Å²) < 4.78 is 5.24. The molecule has 0 bridgehead atoms. The summed E-state index contributed by atoms with van der Waals surface area (Å²) >= 11 is 0. The van der Waals surface area contributed by atoms with E-state index in [0.29, 0.717) is 11.5 Å². The van der Waals surface area contributed by atoms with E-state index in [0.717, 1.165) is 13.2 Å². The molecule has 1 heterocycles. The van der Waals surface area contributed by atoms with Crippen LogP contribution in [0.1, 0.15) is 19.3 Å². The minimum Gasteiger partial charge on any atom is -0.381 e. The zero-order chi connectivity index (χ0) is 6.32. The highest BCUT2D eigenvalue weighted by Crippen LogP contribution is 2.51. The van der Waals surface area contributed by atoms with Crippen LogP contribution in [0.15, 0.2) is 0 Å². The summed E-state index contributed by atoms with van der Waals surface area (Å²) in [4.78, 5) is 0.